The third kappa shape index (κ3) is 3.30. The van der Waals surface area contributed by atoms with Gasteiger partial charge >= 0.3 is 0 Å². The SMILES string of the molecule is Cc1ccc(C#N)cc1Oc1ccc([N+](=O)[O-])cc1CCl. The molecule has 0 radical (unpaired) electrons. The summed E-state index contributed by atoms with van der Waals surface area (Å²) in [7, 11) is 0. The Morgan fingerprint density at radius 2 is 2.05 bits per heavy atom. The fourth-order valence-corrected chi connectivity index (χ4v) is 1.99. The predicted octanol–water partition coefficient (Wildman–Crippen LogP) is 4.31. The molecule has 0 bridgehead atoms. The van der Waals surface area contributed by atoms with Gasteiger partial charge in [-0.3, -0.25) is 10.1 Å². The Bertz CT molecular complexity index is 738. The Morgan fingerprint density at radius 3 is 2.67 bits per heavy atom. The van der Waals surface area contributed by atoms with E-state index in [9.17, 15) is 10.1 Å². The van der Waals surface area contributed by atoms with E-state index in [-0.39, 0.29) is 11.6 Å². The number of hydrogen-bond acceptors (Lipinski definition) is 4. The number of halogens is 1. The van der Waals surface area contributed by atoms with Crippen molar-refractivity contribution < 1.29 is 9.66 Å². The Morgan fingerprint density at radius 1 is 1.29 bits per heavy atom. The van der Waals surface area contributed by atoms with Crippen molar-refractivity contribution in [3.05, 3.63) is 63.2 Å². The minimum Gasteiger partial charge on any atom is -0.457 e. The van der Waals surface area contributed by atoms with Crippen LogP contribution in [0.3, 0.4) is 0 Å². The largest absolute Gasteiger partial charge is 0.457 e. The second-order valence-corrected chi connectivity index (χ2v) is 4.64. The highest BCUT2D eigenvalue weighted by Crippen LogP contribution is 2.31. The first-order valence-electron chi connectivity index (χ1n) is 6.07. The molecule has 0 amide bonds. The van der Waals surface area contributed by atoms with Crippen LogP contribution in [-0.2, 0) is 5.88 Å². The molecule has 21 heavy (non-hydrogen) atoms. The number of nitro benzene ring substituents is 1. The number of rotatable bonds is 4. The molecule has 0 unspecified atom stereocenters. The molecule has 6 heteroatoms. The van der Waals surface area contributed by atoms with E-state index in [1.54, 1.807) is 18.2 Å². The van der Waals surface area contributed by atoms with Crippen LogP contribution in [0.4, 0.5) is 5.69 Å². The quantitative estimate of drug-likeness (QED) is 0.479. The van der Waals surface area contributed by atoms with Crippen molar-refractivity contribution >= 4 is 17.3 Å². The lowest BCUT2D eigenvalue weighted by Crippen LogP contribution is -1.95. The smallest absolute Gasteiger partial charge is 0.270 e. The number of benzene rings is 2. The summed E-state index contributed by atoms with van der Waals surface area (Å²) >= 11 is 5.82. The van der Waals surface area contributed by atoms with Gasteiger partial charge in [0, 0.05) is 17.7 Å². The summed E-state index contributed by atoms with van der Waals surface area (Å²) in [6.07, 6.45) is 0. The molecule has 2 aromatic carbocycles. The number of non-ortho nitro benzene ring substituents is 1. The maximum Gasteiger partial charge on any atom is 0.270 e. The first-order valence-corrected chi connectivity index (χ1v) is 6.60. The molecular weight excluding hydrogens is 292 g/mol. The van der Waals surface area contributed by atoms with Gasteiger partial charge in [0.1, 0.15) is 11.5 Å². The first kappa shape index (κ1) is 14.8. The van der Waals surface area contributed by atoms with Crippen molar-refractivity contribution in [3.63, 3.8) is 0 Å². The Kier molecular flexibility index (Phi) is 4.41. The highest BCUT2D eigenvalue weighted by atomic mass is 35.5. The van der Waals surface area contributed by atoms with Crippen LogP contribution >= 0.6 is 11.6 Å². The summed E-state index contributed by atoms with van der Waals surface area (Å²) in [6.45, 7) is 1.85. The molecular formula is C15H11ClN2O3. The van der Waals surface area contributed by atoms with E-state index in [0.29, 0.717) is 22.6 Å². The molecule has 0 N–H and O–H groups in total. The van der Waals surface area contributed by atoms with Crippen LogP contribution in [0.1, 0.15) is 16.7 Å². The molecule has 0 aliphatic rings. The molecule has 0 spiro atoms. The summed E-state index contributed by atoms with van der Waals surface area (Å²) in [5.41, 5.74) is 1.81. The van der Waals surface area contributed by atoms with Gasteiger partial charge < -0.3 is 4.74 Å². The van der Waals surface area contributed by atoms with E-state index in [1.807, 2.05) is 13.0 Å². The van der Waals surface area contributed by atoms with Gasteiger partial charge in [0.15, 0.2) is 0 Å². The topological polar surface area (TPSA) is 76.2 Å². The monoisotopic (exact) mass is 302 g/mol. The molecule has 0 fully saturated rings. The van der Waals surface area contributed by atoms with Crippen molar-refractivity contribution in [2.24, 2.45) is 0 Å². The van der Waals surface area contributed by atoms with Crippen molar-refractivity contribution in [2.45, 2.75) is 12.8 Å². The third-order valence-electron chi connectivity index (χ3n) is 2.94. The van der Waals surface area contributed by atoms with Crippen LogP contribution in [0.25, 0.3) is 0 Å². The second-order valence-electron chi connectivity index (χ2n) is 4.38. The summed E-state index contributed by atoms with van der Waals surface area (Å²) in [5.74, 6) is 1.05. The summed E-state index contributed by atoms with van der Waals surface area (Å²) in [5, 5.41) is 19.7. The predicted molar refractivity (Wildman–Crippen MR) is 78.6 cm³/mol. The van der Waals surface area contributed by atoms with Gasteiger partial charge in [0.25, 0.3) is 5.69 Å². The fourth-order valence-electron chi connectivity index (χ4n) is 1.78. The first-order chi connectivity index (χ1) is 10.0. The molecule has 2 aromatic rings. The van der Waals surface area contributed by atoms with Gasteiger partial charge in [-0.25, -0.2) is 0 Å². The van der Waals surface area contributed by atoms with Gasteiger partial charge in [0.05, 0.1) is 22.4 Å². The molecule has 0 aromatic heterocycles. The van der Waals surface area contributed by atoms with Gasteiger partial charge in [0.2, 0.25) is 0 Å². The molecule has 0 atom stereocenters. The number of hydrogen-bond donors (Lipinski definition) is 0. The number of nitriles is 1. The Labute approximate surface area is 126 Å². The van der Waals surface area contributed by atoms with Crippen LogP contribution < -0.4 is 4.74 Å². The van der Waals surface area contributed by atoms with E-state index < -0.39 is 4.92 Å². The van der Waals surface area contributed by atoms with Crippen LogP contribution in [0, 0.1) is 28.4 Å². The van der Waals surface area contributed by atoms with Crippen molar-refractivity contribution in [1.29, 1.82) is 5.26 Å². The maximum absolute atomic E-state index is 10.8. The maximum atomic E-state index is 10.8. The lowest BCUT2D eigenvalue weighted by Gasteiger charge is -2.11. The Balaban J connectivity index is 2.40. The van der Waals surface area contributed by atoms with E-state index in [0.717, 1.165) is 5.56 Å². The number of aryl methyl sites for hydroxylation is 1. The van der Waals surface area contributed by atoms with Crippen molar-refractivity contribution in [1.82, 2.24) is 0 Å². The van der Waals surface area contributed by atoms with Gasteiger partial charge in [-0.15, -0.1) is 11.6 Å². The van der Waals surface area contributed by atoms with Crippen LogP contribution in [-0.4, -0.2) is 4.92 Å². The lowest BCUT2D eigenvalue weighted by molar-refractivity contribution is -0.384. The highest BCUT2D eigenvalue weighted by molar-refractivity contribution is 6.17. The van der Waals surface area contributed by atoms with Gasteiger partial charge in [-0.1, -0.05) is 6.07 Å². The molecule has 2 rings (SSSR count). The number of nitro groups is 1. The lowest BCUT2D eigenvalue weighted by atomic mass is 10.1. The van der Waals surface area contributed by atoms with E-state index in [4.69, 9.17) is 21.6 Å². The zero-order chi connectivity index (χ0) is 15.4. The van der Waals surface area contributed by atoms with Crippen LogP contribution in [0.5, 0.6) is 11.5 Å². The zero-order valence-corrected chi connectivity index (χ0v) is 11.9. The Hall–Kier alpha value is -2.58. The van der Waals surface area contributed by atoms with Crippen molar-refractivity contribution in [3.8, 4) is 17.6 Å². The summed E-state index contributed by atoms with van der Waals surface area (Å²) in [4.78, 5) is 10.3. The second kappa shape index (κ2) is 6.25. The summed E-state index contributed by atoms with van der Waals surface area (Å²) < 4.78 is 5.75. The standard InChI is InChI=1S/C15H11ClN2O3/c1-10-2-3-11(9-17)6-15(10)21-14-5-4-13(18(19)20)7-12(14)8-16/h2-7H,8H2,1H3. The van der Waals surface area contributed by atoms with E-state index in [1.165, 1.54) is 18.2 Å². The molecule has 5 nitrogen and oxygen atoms in total. The normalized spacial score (nSPS) is 9.95. The van der Waals surface area contributed by atoms with Gasteiger partial charge in [-0.2, -0.15) is 5.26 Å². The molecule has 0 aliphatic carbocycles. The molecule has 0 saturated heterocycles. The number of alkyl halides is 1. The minimum atomic E-state index is -0.485. The molecule has 0 aliphatic heterocycles. The number of nitrogens with zero attached hydrogens (tertiary/aromatic N) is 2. The fraction of sp³-hybridized carbons (Fsp3) is 0.133. The van der Waals surface area contributed by atoms with E-state index in [2.05, 4.69) is 0 Å². The molecule has 0 saturated carbocycles. The zero-order valence-electron chi connectivity index (χ0n) is 11.2. The summed E-state index contributed by atoms with van der Waals surface area (Å²) in [6, 6.07) is 11.4. The van der Waals surface area contributed by atoms with Crippen LogP contribution in [0.15, 0.2) is 36.4 Å². The van der Waals surface area contributed by atoms with Crippen LogP contribution in [0.2, 0.25) is 0 Å². The third-order valence-corrected chi connectivity index (χ3v) is 3.22. The average molecular weight is 303 g/mol. The van der Waals surface area contributed by atoms with E-state index >= 15 is 0 Å². The van der Waals surface area contributed by atoms with Gasteiger partial charge in [-0.05, 0) is 30.7 Å². The van der Waals surface area contributed by atoms with Crippen molar-refractivity contribution in [2.75, 3.05) is 0 Å². The number of ether oxygens (including phenoxy) is 1. The molecule has 0 heterocycles. The molecule has 106 valence electrons. The average Bonchev–Trinajstić information content (AvgIpc) is 2.49. The highest BCUT2D eigenvalue weighted by Gasteiger charge is 2.13. The minimum absolute atomic E-state index is 0.0412.